The highest BCUT2D eigenvalue weighted by molar-refractivity contribution is 5.56. The van der Waals surface area contributed by atoms with Crippen molar-refractivity contribution >= 4 is 5.69 Å². The van der Waals surface area contributed by atoms with Crippen molar-refractivity contribution in [1.29, 1.82) is 15.8 Å². The van der Waals surface area contributed by atoms with Gasteiger partial charge in [-0.1, -0.05) is 0 Å². The molecule has 1 N–H and O–H groups in total. The van der Waals surface area contributed by atoms with Crippen LogP contribution in [-0.2, 0) is 0 Å². The molecule has 0 atom stereocenters. The lowest BCUT2D eigenvalue weighted by Gasteiger charge is -2.15. The molecule has 96 valence electrons. The van der Waals surface area contributed by atoms with Crippen molar-refractivity contribution in [3.05, 3.63) is 29.3 Å². The van der Waals surface area contributed by atoms with Gasteiger partial charge in [-0.2, -0.15) is 15.8 Å². The van der Waals surface area contributed by atoms with E-state index in [2.05, 4.69) is 11.4 Å². The molecule has 0 heterocycles. The van der Waals surface area contributed by atoms with E-state index < -0.39 is 0 Å². The molecule has 0 saturated heterocycles. The fourth-order valence-corrected chi connectivity index (χ4v) is 1.66. The zero-order valence-corrected chi connectivity index (χ0v) is 11.2. The molecule has 1 rings (SSSR count). The fourth-order valence-electron chi connectivity index (χ4n) is 1.66. The van der Waals surface area contributed by atoms with Crippen LogP contribution in [0.3, 0.4) is 0 Å². The normalized spacial score (nSPS) is 10.1. The van der Waals surface area contributed by atoms with Gasteiger partial charge in [0.2, 0.25) is 0 Å². The fraction of sp³-hybridized carbons (Fsp3) is 0.400. The maximum Gasteiger partial charge on any atom is 0.101 e. The molecule has 0 amide bonds. The number of benzene rings is 1. The number of nitriles is 3. The smallest absolute Gasteiger partial charge is 0.101 e. The van der Waals surface area contributed by atoms with Crippen molar-refractivity contribution in [3.63, 3.8) is 0 Å². The molecule has 0 fully saturated rings. The molecule has 0 aliphatic carbocycles. The Morgan fingerprint density at radius 3 is 2.37 bits per heavy atom. The van der Waals surface area contributed by atoms with Gasteiger partial charge < -0.3 is 5.32 Å². The van der Waals surface area contributed by atoms with E-state index in [0.717, 1.165) is 25.1 Å². The maximum absolute atomic E-state index is 8.92. The van der Waals surface area contributed by atoms with E-state index in [1.807, 2.05) is 26.0 Å². The number of anilines is 1. The summed E-state index contributed by atoms with van der Waals surface area (Å²) in [7, 11) is 0. The van der Waals surface area contributed by atoms with Gasteiger partial charge in [-0.25, -0.2) is 0 Å². The topological polar surface area (TPSA) is 83.4 Å². The quantitative estimate of drug-likeness (QED) is 0.816. The average molecular weight is 252 g/mol. The second kappa shape index (κ2) is 6.43. The molecule has 0 bridgehead atoms. The second-order valence-corrected chi connectivity index (χ2v) is 5.01. The predicted molar refractivity (Wildman–Crippen MR) is 73.0 cm³/mol. The molecule has 0 unspecified atom stereocenters. The van der Waals surface area contributed by atoms with Crippen molar-refractivity contribution in [2.45, 2.75) is 26.7 Å². The summed E-state index contributed by atoms with van der Waals surface area (Å²) in [4.78, 5) is 0. The molecule has 0 saturated carbocycles. The summed E-state index contributed by atoms with van der Waals surface area (Å²) < 4.78 is 0. The first kappa shape index (κ1) is 14.6. The Bertz CT molecular complexity index is 567. The largest absolute Gasteiger partial charge is 0.385 e. The van der Waals surface area contributed by atoms with Gasteiger partial charge >= 0.3 is 0 Å². The SMILES string of the molecule is CC(C)(C#N)CCCNc1ccc(C#N)c(C#N)c1. The third-order valence-electron chi connectivity index (χ3n) is 2.87. The summed E-state index contributed by atoms with van der Waals surface area (Å²) in [5, 5.41) is 29.8. The molecule has 4 heteroatoms. The van der Waals surface area contributed by atoms with Crippen LogP contribution in [0, 0.1) is 39.4 Å². The zero-order chi connectivity index (χ0) is 14.3. The Hall–Kier alpha value is -2.51. The predicted octanol–water partition coefficient (Wildman–Crippen LogP) is 3.17. The minimum atomic E-state index is -0.301. The summed E-state index contributed by atoms with van der Waals surface area (Å²) in [6.45, 7) is 4.58. The zero-order valence-electron chi connectivity index (χ0n) is 11.2. The highest BCUT2D eigenvalue weighted by atomic mass is 14.9. The van der Waals surface area contributed by atoms with Crippen molar-refractivity contribution in [2.24, 2.45) is 5.41 Å². The Morgan fingerprint density at radius 1 is 1.11 bits per heavy atom. The first-order valence-corrected chi connectivity index (χ1v) is 6.12. The first-order valence-electron chi connectivity index (χ1n) is 6.12. The summed E-state index contributed by atoms with van der Waals surface area (Å²) in [5.74, 6) is 0. The van der Waals surface area contributed by atoms with E-state index >= 15 is 0 Å². The molecule has 0 aromatic heterocycles. The highest BCUT2D eigenvalue weighted by Crippen LogP contribution is 2.21. The molecular formula is C15H16N4. The number of hydrogen-bond donors (Lipinski definition) is 1. The molecule has 0 aliphatic heterocycles. The van der Waals surface area contributed by atoms with Gasteiger partial charge in [0.15, 0.2) is 0 Å². The van der Waals surface area contributed by atoms with E-state index in [0.29, 0.717) is 11.1 Å². The lowest BCUT2D eigenvalue weighted by molar-refractivity contribution is 0.441. The van der Waals surface area contributed by atoms with Crippen molar-refractivity contribution < 1.29 is 0 Å². The lowest BCUT2D eigenvalue weighted by atomic mass is 9.90. The van der Waals surface area contributed by atoms with Crippen LogP contribution < -0.4 is 5.32 Å². The average Bonchev–Trinajstić information content (AvgIpc) is 2.43. The molecule has 0 aliphatic rings. The van der Waals surface area contributed by atoms with Crippen LogP contribution in [0.25, 0.3) is 0 Å². The molecular weight excluding hydrogens is 236 g/mol. The van der Waals surface area contributed by atoms with Crippen molar-refractivity contribution in [1.82, 2.24) is 0 Å². The summed E-state index contributed by atoms with van der Waals surface area (Å²) in [5.41, 5.74) is 1.29. The molecule has 0 radical (unpaired) electrons. The molecule has 1 aromatic rings. The minimum absolute atomic E-state index is 0.301. The Kier molecular flexibility index (Phi) is 4.92. The van der Waals surface area contributed by atoms with E-state index in [-0.39, 0.29) is 5.41 Å². The monoisotopic (exact) mass is 252 g/mol. The molecule has 1 aromatic carbocycles. The molecule has 0 spiro atoms. The summed E-state index contributed by atoms with van der Waals surface area (Å²) >= 11 is 0. The number of hydrogen-bond acceptors (Lipinski definition) is 4. The minimum Gasteiger partial charge on any atom is -0.385 e. The Labute approximate surface area is 113 Å². The Morgan fingerprint density at radius 2 is 1.79 bits per heavy atom. The summed E-state index contributed by atoms with van der Waals surface area (Å²) in [6.07, 6.45) is 1.69. The van der Waals surface area contributed by atoms with Gasteiger partial charge in [0.25, 0.3) is 0 Å². The maximum atomic E-state index is 8.92. The number of rotatable bonds is 5. The Balaban J connectivity index is 2.55. The van der Waals surface area contributed by atoms with Gasteiger partial charge in [0.05, 0.1) is 22.6 Å². The van der Waals surface area contributed by atoms with Crippen LogP contribution in [0.1, 0.15) is 37.8 Å². The molecule has 4 nitrogen and oxygen atoms in total. The third-order valence-corrected chi connectivity index (χ3v) is 2.87. The van der Waals surface area contributed by atoms with Crippen LogP contribution in [0.15, 0.2) is 18.2 Å². The van der Waals surface area contributed by atoms with Crippen LogP contribution in [0.5, 0.6) is 0 Å². The van der Waals surface area contributed by atoms with Gasteiger partial charge in [-0.3, -0.25) is 0 Å². The van der Waals surface area contributed by atoms with E-state index in [9.17, 15) is 0 Å². The van der Waals surface area contributed by atoms with Gasteiger partial charge in [-0.15, -0.1) is 0 Å². The van der Waals surface area contributed by atoms with Crippen LogP contribution in [0.4, 0.5) is 5.69 Å². The summed E-state index contributed by atoms with van der Waals surface area (Å²) in [6, 6.07) is 11.4. The standard InChI is InChI=1S/C15H16N4/c1-15(2,11-18)6-3-7-19-14-5-4-12(9-16)13(8-14)10-17/h4-5,8,19H,3,6-7H2,1-2H3. The van der Waals surface area contributed by atoms with Crippen molar-refractivity contribution in [3.8, 4) is 18.2 Å². The van der Waals surface area contributed by atoms with Crippen LogP contribution >= 0.6 is 0 Å². The number of nitrogens with one attached hydrogen (secondary N) is 1. The van der Waals surface area contributed by atoms with Crippen molar-refractivity contribution in [2.75, 3.05) is 11.9 Å². The number of nitrogens with zero attached hydrogens (tertiary/aromatic N) is 3. The van der Waals surface area contributed by atoms with Crippen LogP contribution in [-0.4, -0.2) is 6.54 Å². The first-order chi connectivity index (χ1) is 9.02. The van der Waals surface area contributed by atoms with Gasteiger partial charge in [-0.05, 0) is 44.9 Å². The third kappa shape index (κ3) is 4.34. The molecule has 19 heavy (non-hydrogen) atoms. The van der Waals surface area contributed by atoms with Crippen LogP contribution in [0.2, 0.25) is 0 Å². The second-order valence-electron chi connectivity index (χ2n) is 5.01. The van der Waals surface area contributed by atoms with Gasteiger partial charge in [0.1, 0.15) is 12.1 Å². The highest BCUT2D eigenvalue weighted by Gasteiger charge is 2.15. The van der Waals surface area contributed by atoms with E-state index in [1.54, 1.807) is 18.2 Å². The van der Waals surface area contributed by atoms with Gasteiger partial charge in [0, 0.05) is 12.2 Å². The lowest BCUT2D eigenvalue weighted by Crippen LogP contribution is -2.11. The van der Waals surface area contributed by atoms with E-state index in [1.165, 1.54) is 0 Å². The van der Waals surface area contributed by atoms with E-state index in [4.69, 9.17) is 15.8 Å².